The molecule has 0 aliphatic carbocycles. The van der Waals surface area contributed by atoms with Crippen LogP contribution >= 0.6 is 35.3 Å². The summed E-state index contributed by atoms with van der Waals surface area (Å²) in [5, 5.41) is 1.49. The molecule has 2 nitrogen and oxygen atoms in total. The Labute approximate surface area is 116 Å². The maximum atomic E-state index is 11.2. The molecule has 1 heterocycles. The third-order valence-electron chi connectivity index (χ3n) is 2.49. The highest BCUT2D eigenvalue weighted by Crippen LogP contribution is 2.37. The Balaban J connectivity index is 2.16. The van der Waals surface area contributed by atoms with Crippen LogP contribution in [0.25, 0.3) is 0 Å². The molecule has 0 aromatic heterocycles. The van der Waals surface area contributed by atoms with E-state index in [-0.39, 0.29) is 10.2 Å². The quantitative estimate of drug-likeness (QED) is 0.701. The molecule has 17 heavy (non-hydrogen) atoms. The minimum Gasteiger partial charge on any atom is -0.287 e. The highest BCUT2D eigenvalue weighted by Gasteiger charge is 2.26. The Kier molecular flexibility index (Phi) is 7.39. The topological polar surface area (TPSA) is 34.1 Å². The lowest BCUT2D eigenvalue weighted by Gasteiger charge is -2.09. The maximum absolute atomic E-state index is 11.2. The van der Waals surface area contributed by atoms with Crippen molar-refractivity contribution >= 4 is 45.5 Å². The third kappa shape index (κ3) is 6.02. The van der Waals surface area contributed by atoms with Crippen LogP contribution in [0.3, 0.4) is 0 Å². The van der Waals surface area contributed by atoms with Gasteiger partial charge in [0.1, 0.15) is 0 Å². The van der Waals surface area contributed by atoms with E-state index < -0.39 is 0 Å². The van der Waals surface area contributed by atoms with Crippen LogP contribution in [0.5, 0.6) is 0 Å². The predicted molar refractivity (Wildman–Crippen MR) is 79.8 cm³/mol. The summed E-state index contributed by atoms with van der Waals surface area (Å²) in [7, 11) is 0. The normalized spacial score (nSPS) is 23.6. The van der Waals surface area contributed by atoms with Crippen LogP contribution < -0.4 is 0 Å². The molecular formula is C12H18O2S3. The van der Waals surface area contributed by atoms with Gasteiger partial charge in [0, 0.05) is 28.4 Å². The molecule has 96 valence electrons. The van der Waals surface area contributed by atoms with Crippen molar-refractivity contribution in [3.8, 4) is 0 Å². The Hall–Kier alpha value is 0.130. The average molecular weight is 290 g/mol. The lowest BCUT2D eigenvalue weighted by molar-refractivity contribution is -0.110. The van der Waals surface area contributed by atoms with E-state index >= 15 is 0 Å². The molecular weight excluding hydrogens is 272 g/mol. The second-order valence-corrected chi connectivity index (χ2v) is 7.54. The van der Waals surface area contributed by atoms with Crippen molar-refractivity contribution in [2.24, 2.45) is 0 Å². The van der Waals surface area contributed by atoms with E-state index in [1.807, 2.05) is 18.7 Å². The molecule has 0 bridgehead atoms. The van der Waals surface area contributed by atoms with Crippen LogP contribution in [0.1, 0.15) is 26.2 Å². The van der Waals surface area contributed by atoms with Gasteiger partial charge >= 0.3 is 0 Å². The lowest BCUT2D eigenvalue weighted by atomic mass is 10.2. The van der Waals surface area contributed by atoms with Gasteiger partial charge in [-0.3, -0.25) is 9.59 Å². The lowest BCUT2D eigenvalue weighted by Crippen LogP contribution is -2.05. The summed E-state index contributed by atoms with van der Waals surface area (Å²) >= 11 is 4.74. The Morgan fingerprint density at radius 3 is 2.41 bits per heavy atom. The van der Waals surface area contributed by atoms with E-state index in [9.17, 15) is 9.59 Å². The maximum Gasteiger partial charge on any atom is 0.211 e. The van der Waals surface area contributed by atoms with Crippen molar-refractivity contribution in [1.82, 2.24) is 0 Å². The summed E-state index contributed by atoms with van der Waals surface area (Å²) in [5.74, 6) is 1.80. The molecule has 2 unspecified atom stereocenters. The first-order chi connectivity index (χ1) is 8.15. The van der Waals surface area contributed by atoms with Gasteiger partial charge in [0.2, 0.25) is 5.12 Å². The zero-order chi connectivity index (χ0) is 12.7. The van der Waals surface area contributed by atoms with Crippen LogP contribution in [0, 0.1) is 0 Å². The zero-order valence-corrected chi connectivity index (χ0v) is 12.5. The first kappa shape index (κ1) is 15.2. The smallest absolute Gasteiger partial charge is 0.211 e. The van der Waals surface area contributed by atoms with Gasteiger partial charge in [0.15, 0.2) is 5.12 Å². The molecule has 1 saturated heterocycles. The summed E-state index contributed by atoms with van der Waals surface area (Å²) < 4.78 is 0. The summed E-state index contributed by atoms with van der Waals surface area (Å²) in [6.45, 7) is 5.36. The summed E-state index contributed by atoms with van der Waals surface area (Å²) in [5.41, 5.74) is 0. The van der Waals surface area contributed by atoms with Crippen LogP contribution in [0.4, 0.5) is 0 Å². The molecule has 1 aliphatic heterocycles. The van der Waals surface area contributed by atoms with Crippen molar-refractivity contribution < 1.29 is 9.59 Å². The van der Waals surface area contributed by atoms with Gasteiger partial charge in [-0.25, -0.2) is 0 Å². The molecule has 0 aromatic carbocycles. The van der Waals surface area contributed by atoms with Crippen molar-refractivity contribution in [2.45, 2.75) is 36.7 Å². The zero-order valence-electron chi connectivity index (χ0n) is 10.0. The van der Waals surface area contributed by atoms with Crippen LogP contribution in [-0.2, 0) is 9.59 Å². The number of carbonyl (C=O) groups is 2. The van der Waals surface area contributed by atoms with Gasteiger partial charge in [-0.05, 0) is 18.9 Å². The van der Waals surface area contributed by atoms with Gasteiger partial charge in [0.05, 0.1) is 0 Å². The molecule has 1 rings (SSSR count). The van der Waals surface area contributed by atoms with E-state index in [4.69, 9.17) is 0 Å². The largest absolute Gasteiger partial charge is 0.287 e. The Morgan fingerprint density at radius 1 is 1.29 bits per heavy atom. The van der Waals surface area contributed by atoms with Crippen molar-refractivity contribution in [2.75, 3.05) is 11.5 Å². The standard InChI is InChI=1S/C12H18O2S3/c1-3-11(13)15-7-9-5-6-10(17-9)8-16-12(14)4-2/h3,9-10H,1,4-8H2,2H3. The number of hydrogen-bond acceptors (Lipinski definition) is 5. The summed E-state index contributed by atoms with van der Waals surface area (Å²) in [6, 6.07) is 0. The number of rotatable bonds is 6. The molecule has 0 radical (unpaired) electrons. The van der Waals surface area contributed by atoms with E-state index in [0.29, 0.717) is 16.9 Å². The van der Waals surface area contributed by atoms with Gasteiger partial charge in [-0.15, -0.1) is 0 Å². The molecule has 0 aromatic rings. The second kappa shape index (κ2) is 8.27. The number of carbonyl (C=O) groups excluding carboxylic acids is 2. The van der Waals surface area contributed by atoms with Gasteiger partial charge in [-0.1, -0.05) is 37.0 Å². The monoisotopic (exact) mass is 290 g/mol. The Morgan fingerprint density at radius 2 is 1.88 bits per heavy atom. The highest BCUT2D eigenvalue weighted by molar-refractivity contribution is 8.15. The minimum atomic E-state index is 0.0598. The van der Waals surface area contributed by atoms with Gasteiger partial charge in [0.25, 0.3) is 0 Å². The van der Waals surface area contributed by atoms with Crippen molar-refractivity contribution in [3.05, 3.63) is 12.7 Å². The molecule has 0 spiro atoms. The first-order valence-electron chi connectivity index (χ1n) is 5.76. The van der Waals surface area contributed by atoms with Crippen molar-refractivity contribution in [1.29, 1.82) is 0 Å². The van der Waals surface area contributed by atoms with E-state index in [1.165, 1.54) is 36.0 Å². The Bertz CT molecular complexity index is 291. The summed E-state index contributed by atoms with van der Waals surface area (Å²) in [6.07, 6.45) is 4.32. The fraction of sp³-hybridized carbons (Fsp3) is 0.667. The molecule has 0 amide bonds. The van der Waals surface area contributed by atoms with E-state index in [0.717, 1.165) is 17.9 Å². The predicted octanol–water partition coefficient (Wildman–Crippen LogP) is 3.37. The van der Waals surface area contributed by atoms with Crippen molar-refractivity contribution in [3.63, 3.8) is 0 Å². The highest BCUT2D eigenvalue weighted by atomic mass is 32.2. The van der Waals surface area contributed by atoms with E-state index in [1.54, 1.807) is 0 Å². The molecule has 1 fully saturated rings. The van der Waals surface area contributed by atoms with Gasteiger partial charge in [-0.2, -0.15) is 11.8 Å². The second-order valence-electron chi connectivity index (χ2n) is 3.83. The molecule has 5 heteroatoms. The number of hydrogen-bond donors (Lipinski definition) is 0. The first-order valence-corrected chi connectivity index (χ1v) is 8.67. The fourth-order valence-electron chi connectivity index (χ4n) is 1.55. The van der Waals surface area contributed by atoms with Crippen LogP contribution in [-0.4, -0.2) is 32.2 Å². The third-order valence-corrected chi connectivity index (χ3v) is 6.69. The molecule has 1 aliphatic rings. The SMILES string of the molecule is C=CC(=O)SCC1CCC(CSC(=O)CC)S1. The van der Waals surface area contributed by atoms with E-state index in [2.05, 4.69) is 6.58 Å². The summed E-state index contributed by atoms with van der Waals surface area (Å²) in [4.78, 5) is 22.3. The number of thioether (sulfide) groups is 3. The molecule has 0 saturated carbocycles. The van der Waals surface area contributed by atoms with Crippen LogP contribution in [0.2, 0.25) is 0 Å². The average Bonchev–Trinajstić information content (AvgIpc) is 2.80. The fourth-order valence-corrected chi connectivity index (χ4v) is 5.05. The van der Waals surface area contributed by atoms with Gasteiger partial charge < -0.3 is 0 Å². The molecule has 0 N–H and O–H groups in total. The minimum absolute atomic E-state index is 0.0598. The molecule has 2 atom stereocenters. The van der Waals surface area contributed by atoms with Crippen LogP contribution in [0.15, 0.2) is 12.7 Å².